The van der Waals surface area contributed by atoms with Crippen LogP contribution in [-0.2, 0) is 32.1 Å². The van der Waals surface area contributed by atoms with E-state index in [1.54, 1.807) is 18.7 Å². The van der Waals surface area contributed by atoms with Gasteiger partial charge in [-0.25, -0.2) is 5.01 Å². The Kier molecular flexibility index (Phi) is 9.33. The third kappa shape index (κ3) is 5.76. The van der Waals surface area contributed by atoms with Gasteiger partial charge in [0.15, 0.2) is 0 Å². The number of carbonyl (C=O) groups excluding carboxylic acids is 3. The first kappa shape index (κ1) is 29.3. The second-order valence-electron chi connectivity index (χ2n) is 10.5. The fourth-order valence-corrected chi connectivity index (χ4v) is 5.18. The molecule has 204 valence electrons. The van der Waals surface area contributed by atoms with Gasteiger partial charge in [0.05, 0.1) is 30.3 Å². The molecule has 8 nitrogen and oxygen atoms in total. The minimum Gasteiger partial charge on any atom is -0.376 e. The van der Waals surface area contributed by atoms with Crippen LogP contribution in [0, 0.1) is 16.7 Å². The van der Waals surface area contributed by atoms with Crippen molar-refractivity contribution in [2.75, 3.05) is 26.2 Å². The minimum absolute atomic E-state index is 0. The molecule has 2 aliphatic heterocycles. The molecule has 0 spiro atoms. The predicted molar refractivity (Wildman–Crippen MR) is 148 cm³/mol. The fourth-order valence-electron chi connectivity index (χ4n) is 5.18. The van der Waals surface area contributed by atoms with E-state index in [9.17, 15) is 14.4 Å². The van der Waals surface area contributed by atoms with Gasteiger partial charge in [0.2, 0.25) is 11.8 Å². The van der Waals surface area contributed by atoms with Gasteiger partial charge in [-0.05, 0) is 24.5 Å². The number of hydrogen-bond acceptors (Lipinski definition) is 5. The number of nitrogens with zero attached hydrogens (tertiary/aromatic N) is 3. The van der Waals surface area contributed by atoms with Crippen molar-refractivity contribution in [3.63, 3.8) is 0 Å². The third-order valence-corrected chi connectivity index (χ3v) is 7.68. The van der Waals surface area contributed by atoms with Crippen molar-refractivity contribution in [3.8, 4) is 0 Å². The molecule has 0 bridgehead atoms. The molecule has 3 amide bonds. The van der Waals surface area contributed by atoms with Gasteiger partial charge in [-0.2, -0.15) is 5.10 Å². The zero-order valence-electron chi connectivity index (χ0n) is 22.3. The van der Waals surface area contributed by atoms with Crippen molar-refractivity contribution in [3.05, 3.63) is 71.8 Å². The number of carbonyl (C=O) groups is 3. The van der Waals surface area contributed by atoms with E-state index >= 15 is 0 Å². The van der Waals surface area contributed by atoms with Gasteiger partial charge in [-0.1, -0.05) is 74.5 Å². The lowest BCUT2D eigenvalue weighted by Gasteiger charge is -2.42. The van der Waals surface area contributed by atoms with E-state index in [1.807, 2.05) is 67.6 Å². The summed E-state index contributed by atoms with van der Waals surface area (Å²) in [5, 5.41) is 6.15. The summed E-state index contributed by atoms with van der Waals surface area (Å²) >= 11 is 0. The molecule has 1 fully saturated rings. The number of likely N-dealkylation sites (tertiary alicyclic amines) is 1. The number of halogens is 1. The molecule has 1 saturated heterocycles. The largest absolute Gasteiger partial charge is 0.376 e. The zero-order valence-corrected chi connectivity index (χ0v) is 23.1. The minimum atomic E-state index is -1.14. The number of benzene rings is 2. The average Bonchev–Trinajstić information content (AvgIpc) is 3.17. The van der Waals surface area contributed by atoms with Gasteiger partial charge in [0.25, 0.3) is 5.91 Å². The van der Waals surface area contributed by atoms with E-state index < -0.39 is 22.7 Å². The number of rotatable bonds is 10. The van der Waals surface area contributed by atoms with E-state index in [-0.39, 0.29) is 37.4 Å². The van der Waals surface area contributed by atoms with Gasteiger partial charge >= 0.3 is 0 Å². The quantitative estimate of drug-likeness (QED) is 0.498. The number of amides is 3. The fraction of sp³-hybridized carbons (Fsp3) is 0.448. The summed E-state index contributed by atoms with van der Waals surface area (Å²) in [6.07, 6.45) is 0.954. The van der Waals surface area contributed by atoms with Crippen molar-refractivity contribution >= 4 is 35.8 Å². The highest BCUT2D eigenvalue weighted by Crippen LogP contribution is 2.40. The Morgan fingerprint density at radius 1 is 1.08 bits per heavy atom. The summed E-state index contributed by atoms with van der Waals surface area (Å²) in [6.45, 7) is 6.72. The predicted octanol–water partition coefficient (Wildman–Crippen LogP) is 3.43. The molecule has 2 aliphatic rings. The smallest absolute Gasteiger partial charge is 0.256 e. The van der Waals surface area contributed by atoms with Crippen molar-refractivity contribution < 1.29 is 19.1 Å². The Morgan fingerprint density at radius 3 is 2.26 bits per heavy atom. The zero-order chi connectivity index (χ0) is 26.6. The summed E-state index contributed by atoms with van der Waals surface area (Å²) in [4.78, 5) is 41.8. The molecule has 0 radical (unpaired) electrons. The van der Waals surface area contributed by atoms with Crippen LogP contribution in [0.25, 0.3) is 0 Å². The number of hydrogen-bond donors (Lipinski definition) is 1. The SMILES string of the molecule is CCN1N=C2CCN(C(=O)[C@@H](COCc3ccccc3)C(C)(C)C(N)=O)C[C@]2(Cc2ccccc2)C1=O.Cl. The first-order valence-corrected chi connectivity index (χ1v) is 12.8. The number of fused-ring (bicyclic) bond motifs is 1. The maximum Gasteiger partial charge on any atom is 0.256 e. The maximum atomic E-state index is 14.0. The van der Waals surface area contributed by atoms with E-state index in [1.165, 1.54) is 5.01 Å². The molecule has 2 N–H and O–H groups in total. The number of nitrogens with two attached hydrogens (primary N) is 1. The van der Waals surface area contributed by atoms with Crippen molar-refractivity contribution in [1.82, 2.24) is 9.91 Å². The number of ether oxygens (including phenoxy) is 1. The Bertz CT molecular complexity index is 1170. The van der Waals surface area contributed by atoms with Crippen LogP contribution in [0.2, 0.25) is 0 Å². The first-order chi connectivity index (χ1) is 17.7. The third-order valence-electron chi connectivity index (χ3n) is 7.68. The molecule has 38 heavy (non-hydrogen) atoms. The standard InChI is InChI=1S/C29H36N4O4.ClH/c1-4-33-27(36)29(17-21-11-7-5-8-12-21)20-32(16-15-24(29)31-33)25(34)23(28(2,3)26(30)35)19-37-18-22-13-9-6-10-14-22;/h5-14,23H,4,15-20H2,1-3H3,(H2,30,35);1H/t23-,29+;/m1./s1. The van der Waals surface area contributed by atoms with Gasteiger partial charge in [-0.15, -0.1) is 12.4 Å². The van der Waals surface area contributed by atoms with E-state index in [0.717, 1.165) is 16.8 Å². The molecule has 2 aromatic rings. The van der Waals surface area contributed by atoms with Crippen molar-refractivity contribution in [2.45, 2.75) is 40.2 Å². The summed E-state index contributed by atoms with van der Waals surface area (Å²) in [6, 6.07) is 19.5. The summed E-state index contributed by atoms with van der Waals surface area (Å²) in [5.41, 5.74) is 6.50. The average molecular weight is 541 g/mol. The molecule has 0 saturated carbocycles. The molecule has 0 aliphatic carbocycles. The molecule has 2 atom stereocenters. The Hall–Kier alpha value is -3.23. The molecule has 4 rings (SSSR count). The van der Waals surface area contributed by atoms with Gasteiger partial charge in [0, 0.05) is 26.1 Å². The lowest BCUT2D eigenvalue weighted by atomic mass is 9.72. The van der Waals surface area contributed by atoms with Crippen LogP contribution in [0.5, 0.6) is 0 Å². The topological polar surface area (TPSA) is 105 Å². The monoisotopic (exact) mass is 540 g/mol. The van der Waals surface area contributed by atoms with Crippen LogP contribution in [0.15, 0.2) is 65.8 Å². The molecule has 2 heterocycles. The lowest BCUT2D eigenvalue weighted by Crippen LogP contribution is -2.58. The van der Waals surface area contributed by atoms with Gasteiger partial charge < -0.3 is 15.4 Å². The molecule has 2 aromatic carbocycles. The molecule has 0 unspecified atom stereocenters. The van der Waals surface area contributed by atoms with E-state index in [0.29, 0.717) is 32.5 Å². The van der Waals surface area contributed by atoms with Crippen LogP contribution in [0.4, 0.5) is 0 Å². The molecule has 9 heteroatoms. The molecule has 0 aromatic heterocycles. The normalized spacial score (nSPS) is 19.9. The van der Waals surface area contributed by atoms with Crippen LogP contribution in [0.3, 0.4) is 0 Å². The summed E-state index contributed by atoms with van der Waals surface area (Å²) in [5.74, 6) is -1.68. The van der Waals surface area contributed by atoms with Crippen molar-refractivity contribution in [1.29, 1.82) is 0 Å². The maximum absolute atomic E-state index is 14.0. The summed E-state index contributed by atoms with van der Waals surface area (Å²) < 4.78 is 5.94. The second kappa shape index (κ2) is 12.1. The second-order valence-corrected chi connectivity index (χ2v) is 10.5. The highest BCUT2D eigenvalue weighted by molar-refractivity contribution is 6.13. The highest BCUT2D eigenvalue weighted by atomic mass is 35.5. The van der Waals surface area contributed by atoms with E-state index in [2.05, 4.69) is 5.10 Å². The Labute approximate surface area is 230 Å². The number of piperidine rings is 1. The van der Waals surface area contributed by atoms with Crippen LogP contribution >= 0.6 is 12.4 Å². The van der Waals surface area contributed by atoms with E-state index in [4.69, 9.17) is 10.5 Å². The van der Waals surface area contributed by atoms with Gasteiger partial charge in [-0.3, -0.25) is 14.4 Å². The molecular formula is C29H37ClN4O4. The van der Waals surface area contributed by atoms with Crippen LogP contribution < -0.4 is 5.73 Å². The number of hydrazone groups is 1. The Morgan fingerprint density at radius 2 is 1.68 bits per heavy atom. The van der Waals surface area contributed by atoms with Crippen molar-refractivity contribution in [2.24, 2.45) is 27.6 Å². The molecular weight excluding hydrogens is 504 g/mol. The van der Waals surface area contributed by atoms with Crippen LogP contribution in [-0.4, -0.2) is 59.6 Å². The summed E-state index contributed by atoms with van der Waals surface area (Å²) in [7, 11) is 0. The van der Waals surface area contributed by atoms with Gasteiger partial charge in [0.1, 0.15) is 5.41 Å². The number of primary amides is 1. The highest BCUT2D eigenvalue weighted by Gasteiger charge is 2.55. The Balaban J connectivity index is 0.00000400. The lowest BCUT2D eigenvalue weighted by molar-refractivity contribution is -0.151. The first-order valence-electron chi connectivity index (χ1n) is 12.8. The van der Waals surface area contributed by atoms with Crippen LogP contribution in [0.1, 0.15) is 38.3 Å².